The quantitative estimate of drug-likeness (QED) is 0.648. The fourth-order valence-corrected chi connectivity index (χ4v) is 1.95. The maximum absolute atomic E-state index is 11.0. The maximum atomic E-state index is 11.0. The van der Waals surface area contributed by atoms with Crippen LogP contribution < -0.4 is 5.32 Å². The van der Waals surface area contributed by atoms with Gasteiger partial charge in [0.1, 0.15) is 6.61 Å². The van der Waals surface area contributed by atoms with Crippen molar-refractivity contribution >= 4 is 6.09 Å². The molecule has 0 bridgehead atoms. The van der Waals surface area contributed by atoms with Crippen LogP contribution in [0.15, 0.2) is 61.4 Å². The average Bonchev–Trinajstić information content (AvgIpc) is 3.02. The lowest BCUT2D eigenvalue weighted by molar-refractivity contribution is 0.177. The monoisotopic (exact) mass is 306 g/mol. The van der Waals surface area contributed by atoms with E-state index in [1.165, 1.54) is 0 Å². The van der Waals surface area contributed by atoms with Crippen LogP contribution in [0.2, 0.25) is 0 Å². The van der Waals surface area contributed by atoms with E-state index in [9.17, 15) is 4.79 Å². The molecule has 4 heteroatoms. The first-order valence-corrected chi connectivity index (χ1v) is 7.25. The minimum absolute atomic E-state index is 0.145. The Labute approximate surface area is 136 Å². The molecule has 1 amide bonds. The van der Waals surface area contributed by atoms with Gasteiger partial charge in [0.25, 0.3) is 0 Å². The number of nitrogens with zero attached hydrogens (tertiary/aromatic N) is 1. The number of alkyl carbamates (subject to hydrolysis) is 1. The van der Waals surface area contributed by atoms with E-state index in [1.807, 2.05) is 43.3 Å². The van der Waals surface area contributed by atoms with Crippen molar-refractivity contribution in [2.45, 2.75) is 13.0 Å². The number of rotatable bonds is 1. The smallest absolute Gasteiger partial charge is 0.407 e. The van der Waals surface area contributed by atoms with Gasteiger partial charge in [-0.15, -0.1) is 6.58 Å². The minimum Gasteiger partial charge on any atom is -0.447 e. The third-order valence-corrected chi connectivity index (χ3v) is 2.96. The minimum atomic E-state index is -0.393. The number of carbonyl (C=O) groups is 1. The molecule has 1 aromatic carbocycles. The van der Waals surface area contributed by atoms with Crippen LogP contribution in [0.25, 0.3) is 0 Å². The Morgan fingerprint density at radius 3 is 2.61 bits per heavy atom. The van der Waals surface area contributed by atoms with Crippen molar-refractivity contribution < 1.29 is 9.53 Å². The molecule has 2 aromatic rings. The standard InChI is InChI=1S/C16H12N2O2.C3H6/c19-16-18-15(11-20-16)14-8-13(9-17-10-14)7-6-12-4-2-1-3-5-12;1-3-2/h1-5,8-10,15H,11H2,(H,18,19);3H,1H2,2H3/t15-;/m0./s1. The highest BCUT2D eigenvalue weighted by Gasteiger charge is 2.23. The average molecular weight is 306 g/mol. The summed E-state index contributed by atoms with van der Waals surface area (Å²) in [6, 6.07) is 11.5. The molecular weight excluding hydrogens is 288 g/mol. The van der Waals surface area contributed by atoms with Crippen molar-refractivity contribution in [3.8, 4) is 11.8 Å². The number of hydrogen-bond acceptors (Lipinski definition) is 3. The summed E-state index contributed by atoms with van der Waals surface area (Å²) in [4.78, 5) is 15.2. The van der Waals surface area contributed by atoms with Crippen molar-refractivity contribution in [2.75, 3.05) is 6.61 Å². The second-order valence-electron chi connectivity index (χ2n) is 4.83. The maximum Gasteiger partial charge on any atom is 0.407 e. The van der Waals surface area contributed by atoms with Crippen LogP contribution >= 0.6 is 0 Å². The van der Waals surface area contributed by atoms with E-state index in [1.54, 1.807) is 18.5 Å². The molecule has 0 saturated carbocycles. The summed E-state index contributed by atoms with van der Waals surface area (Å²) in [5, 5.41) is 2.72. The van der Waals surface area contributed by atoms with Crippen LogP contribution in [0.1, 0.15) is 29.7 Å². The number of hydrogen-bond donors (Lipinski definition) is 1. The second kappa shape index (κ2) is 8.40. The highest BCUT2D eigenvalue weighted by Crippen LogP contribution is 2.17. The van der Waals surface area contributed by atoms with Gasteiger partial charge in [0.05, 0.1) is 6.04 Å². The third-order valence-electron chi connectivity index (χ3n) is 2.96. The number of aromatic nitrogens is 1. The Morgan fingerprint density at radius 2 is 1.96 bits per heavy atom. The Bertz CT molecular complexity index is 730. The normalized spacial score (nSPS) is 15.2. The van der Waals surface area contributed by atoms with Crippen LogP contribution in [-0.2, 0) is 4.74 Å². The molecule has 4 nitrogen and oxygen atoms in total. The Hall–Kier alpha value is -3.06. The van der Waals surface area contributed by atoms with Gasteiger partial charge in [-0.25, -0.2) is 4.79 Å². The zero-order chi connectivity index (χ0) is 16.5. The number of allylic oxidation sites excluding steroid dienone is 1. The van der Waals surface area contributed by atoms with E-state index in [4.69, 9.17) is 4.74 Å². The summed E-state index contributed by atoms with van der Waals surface area (Å²) in [6.07, 6.45) is 4.78. The number of benzene rings is 1. The fraction of sp³-hybridized carbons (Fsp3) is 0.158. The number of pyridine rings is 1. The van der Waals surface area contributed by atoms with Crippen LogP contribution in [0.4, 0.5) is 4.79 Å². The van der Waals surface area contributed by atoms with Crippen LogP contribution in [0, 0.1) is 11.8 Å². The highest BCUT2D eigenvalue weighted by atomic mass is 16.6. The van der Waals surface area contributed by atoms with Crippen molar-refractivity contribution in [3.05, 3.63) is 78.1 Å². The molecule has 116 valence electrons. The Kier molecular flexibility index (Phi) is 5.96. The number of amides is 1. The first kappa shape index (κ1) is 16.3. The summed E-state index contributed by atoms with van der Waals surface area (Å²) >= 11 is 0. The van der Waals surface area contributed by atoms with Gasteiger partial charge in [0, 0.05) is 23.5 Å². The van der Waals surface area contributed by atoms with Crippen molar-refractivity contribution in [1.29, 1.82) is 0 Å². The summed E-state index contributed by atoms with van der Waals surface area (Å²) < 4.78 is 4.88. The van der Waals surface area contributed by atoms with Gasteiger partial charge in [-0.1, -0.05) is 36.1 Å². The third kappa shape index (κ3) is 5.01. The lowest BCUT2D eigenvalue weighted by Gasteiger charge is -2.06. The molecule has 0 radical (unpaired) electrons. The molecule has 0 aliphatic carbocycles. The first-order valence-electron chi connectivity index (χ1n) is 7.25. The molecule has 1 aliphatic heterocycles. The van der Waals surface area contributed by atoms with E-state index >= 15 is 0 Å². The molecule has 0 unspecified atom stereocenters. The Balaban J connectivity index is 0.000000595. The SMILES string of the molecule is C=CC.O=C1N[C@H](c2cncc(C#Cc3ccccc3)c2)CO1. The van der Waals surface area contributed by atoms with Gasteiger partial charge in [0.2, 0.25) is 0 Å². The predicted molar refractivity (Wildman–Crippen MR) is 89.8 cm³/mol. The number of cyclic esters (lactones) is 1. The Morgan fingerprint density at radius 1 is 1.26 bits per heavy atom. The molecule has 1 fully saturated rings. The van der Waals surface area contributed by atoms with Crippen LogP contribution in [-0.4, -0.2) is 17.7 Å². The van der Waals surface area contributed by atoms with Gasteiger partial charge in [-0.05, 0) is 30.7 Å². The fourth-order valence-electron chi connectivity index (χ4n) is 1.95. The number of carbonyl (C=O) groups excluding carboxylic acids is 1. The van der Waals surface area contributed by atoms with Gasteiger partial charge in [-0.3, -0.25) is 4.98 Å². The van der Waals surface area contributed by atoms with Crippen LogP contribution in [0.5, 0.6) is 0 Å². The van der Waals surface area contributed by atoms with Gasteiger partial charge >= 0.3 is 6.09 Å². The zero-order valence-electron chi connectivity index (χ0n) is 13.0. The molecule has 0 spiro atoms. The zero-order valence-corrected chi connectivity index (χ0v) is 13.0. The number of ether oxygens (including phenoxy) is 1. The van der Waals surface area contributed by atoms with Gasteiger partial charge < -0.3 is 10.1 Å². The lowest BCUT2D eigenvalue weighted by atomic mass is 10.1. The predicted octanol–water partition coefficient (Wildman–Crippen LogP) is 3.45. The van der Waals surface area contributed by atoms with Crippen molar-refractivity contribution in [2.24, 2.45) is 0 Å². The number of nitrogens with one attached hydrogen (secondary N) is 1. The molecule has 1 N–H and O–H groups in total. The van der Waals surface area contributed by atoms with Gasteiger partial charge in [-0.2, -0.15) is 0 Å². The van der Waals surface area contributed by atoms with Crippen molar-refractivity contribution in [3.63, 3.8) is 0 Å². The van der Waals surface area contributed by atoms with E-state index in [-0.39, 0.29) is 6.04 Å². The first-order chi connectivity index (χ1) is 11.2. The van der Waals surface area contributed by atoms with E-state index in [0.29, 0.717) is 6.61 Å². The molecule has 1 saturated heterocycles. The van der Waals surface area contributed by atoms with Crippen LogP contribution in [0.3, 0.4) is 0 Å². The van der Waals surface area contributed by atoms with E-state index in [0.717, 1.165) is 16.7 Å². The summed E-state index contributed by atoms with van der Waals surface area (Å²) in [7, 11) is 0. The molecule has 2 heterocycles. The summed E-state index contributed by atoms with van der Waals surface area (Å²) in [5.74, 6) is 6.15. The summed E-state index contributed by atoms with van der Waals surface area (Å²) in [5.41, 5.74) is 2.67. The van der Waals surface area contributed by atoms with Gasteiger partial charge in [0.15, 0.2) is 0 Å². The molecule has 23 heavy (non-hydrogen) atoms. The molecule has 3 rings (SSSR count). The molecule has 1 atom stereocenters. The largest absolute Gasteiger partial charge is 0.447 e. The van der Waals surface area contributed by atoms with Crippen molar-refractivity contribution in [1.82, 2.24) is 10.3 Å². The second-order valence-corrected chi connectivity index (χ2v) is 4.83. The van der Waals surface area contributed by atoms with E-state index < -0.39 is 6.09 Å². The summed E-state index contributed by atoms with van der Waals surface area (Å²) in [6.45, 7) is 5.58. The molecule has 1 aromatic heterocycles. The highest BCUT2D eigenvalue weighted by molar-refractivity contribution is 5.70. The van der Waals surface area contributed by atoms with E-state index in [2.05, 4.69) is 28.7 Å². The topological polar surface area (TPSA) is 51.2 Å². The molecule has 1 aliphatic rings. The lowest BCUT2D eigenvalue weighted by Crippen LogP contribution is -2.18. The molecular formula is C19H18N2O2.